The normalized spacial score (nSPS) is 16.2. The van der Waals surface area contributed by atoms with Crippen LogP contribution in [-0.4, -0.2) is 33.6 Å². The number of pyridine rings is 1. The van der Waals surface area contributed by atoms with E-state index in [1.165, 1.54) is 0 Å². The lowest BCUT2D eigenvalue weighted by Gasteiger charge is -2.32. The molecule has 2 heterocycles. The predicted octanol–water partition coefficient (Wildman–Crippen LogP) is 2.46. The Kier molecular flexibility index (Phi) is 4.81. The summed E-state index contributed by atoms with van der Waals surface area (Å²) in [6, 6.07) is 10.9. The first kappa shape index (κ1) is 16.5. The standard InChI is InChI=1S/C19H22N2O3/c1-20-9-6-15(12-18(20)22)14-7-10-21(11-8-14)13-16-4-2-3-5-17(16)19(23)24/h2-6,9,12,14H,7-8,10-11,13H2,1H3,(H,23,24). The highest BCUT2D eigenvalue weighted by molar-refractivity contribution is 5.89. The Balaban J connectivity index is 1.64. The van der Waals surface area contributed by atoms with Gasteiger partial charge in [-0.2, -0.15) is 0 Å². The average Bonchev–Trinajstić information content (AvgIpc) is 2.58. The van der Waals surface area contributed by atoms with Crippen LogP contribution in [0.15, 0.2) is 47.4 Å². The highest BCUT2D eigenvalue weighted by Gasteiger charge is 2.22. The zero-order valence-corrected chi connectivity index (χ0v) is 13.8. The molecule has 0 amide bonds. The smallest absolute Gasteiger partial charge is 0.336 e. The van der Waals surface area contributed by atoms with Gasteiger partial charge in [0.2, 0.25) is 0 Å². The number of aromatic nitrogens is 1. The first-order valence-corrected chi connectivity index (χ1v) is 8.24. The van der Waals surface area contributed by atoms with Crippen LogP contribution in [-0.2, 0) is 13.6 Å². The zero-order chi connectivity index (χ0) is 17.1. The molecule has 1 aliphatic rings. The van der Waals surface area contributed by atoms with Crippen molar-refractivity contribution in [1.29, 1.82) is 0 Å². The lowest BCUT2D eigenvalue weighted by atomic mass is 9.90. The van der Waals surface area contributed by atoms with Crippen LogP contribution in [0.25, 0.3) is 0 Å². The molecule has 1 aliphatic heterocycles. The van der Waals surface area contributed by atoms with Crippen LogP contribution < -0.4 is 5.56 Å². The third-order valence-electron chi connectivity index (χ3n) is 4.83. The van der Waals surface area contributed by atoms with Crippen molar-refractivity contribution in [2.45, 2.75) is 25.3 Å². The first-order valence-electron chi connectivity index (χ1n) is 8.24. The minimum atomic E-state index is -0.874. The first-order chi connectivity index (χ1) is 11.5. The fourth-order valence-corrected chi connectivity index (χ4v) is 3.35. The second-order valence-corrected chi connectivity index (χ2v) is 6.42. The van der Waals surface area contributed by atoms with Gasteiger partial charge < -0.3 is 9.67 Å². The molecule has 1 N–H and O–H groups in total. The largest absolute Gasteiger partial charge is 0.478 e. The molecule has 1 saturated heterocycles. The van der Waals surface area contributed by atoms with Crippen LogP contribution in [0, 0.1) is 0 Å². The van der Waals surface area contributed by atoms with E-state index in [0.717, 1.165) is 37.1 Å². The molecular weight excluding hydrogens is 304 g/mol. The van der Waals surface area contributed by atoms with E-state index in [1.54, 1.807) is 29.8 Å². The van der Waals surface area contributed by atoms with Crippen LogP contribution in [0.3, 0.4) is 0 Å². The summed E-state index contributed by atoms with van der Waals surface area (Å²) in [4.78, 5) is 25.4. The number of benzene rings is 1. The molecule has 24 heavy (non-hydrogen) atoms. The Hall–Kier alpha value is -2.40. The van der Waals surface area contributed by atoms with Crippen molar-refractivity contribution in [3.8, 4) is 0 Å². The summed E-state index contributed by atoms with van der Waals surface area (Å²) in [5, 5.41) is 9.28. The van der Waals surface area contributed by atoms with Crippen molar-refractivity contribution >= 4 is 5.97 Å². The molecular formula is C19H22N2O3. The highest BCUT2D eigenvalue weighted by Crippen LogP contribution is 2.28. The van der Waals surface area contributed by atoms with Gasteiger partial charge in [-0.25, -0.2) is 4.79 Å². The van der Waals surface area contributed by atoms with Gasteiger partial charge in [-0.05, 0) is 55.1 Å². The summed E-state index contributed by atoms with van der Waals surface area (Å²) < 4.78 is 1.58. The molecule has 0 aliphatic carbocycles. The van der Waals surface area contributed by atoms with E-state index in [4.69, 9.17) is 0 Å². The van der Waals surface area contributed by atoms with Crippen molar-refractivity contribution in [2.75, 3.05) is 13.1 Å². The average molecular weight is 326 g/mol. The summed E-state index contributed by atoms with van der Waals surface area (Å²) >= 11 is 0. The summed E-state index contributed by atoms with van der Waals surface area (Å²) in [6.07, 6.45) is 3.80. The van der Waals surface area contributed by atoms with E-state index < -0.39 is 5.97 Å². The predicted molar refractivity (Wildman–Crippen MR) is 92.3 cm³/mol. The van der Waals surface area contributed by atoms with Crippen molar-refractivity contribution in [3.63, 3.8) is 0 Å². The van der Waals surface area contributed by atoms with Gasteiger partial charge in [-0.15, -0.1) is 0 Å². The molecule has 0 bridgehead atoms. The Morgan fingerprint density at radius 3 is 2.58 bits per heavy atom. The van der Waals surface area contributed by atoms with Crippen molar-refractivity contribution in [2.24, 2.45) is 7.05 Å². The lowest BCUT2D eigenvalue weighted by molar-refractivity contribution is 0.0694. The molecule has 0 saturated carbocycles. The second kappa shape index (κ2) is 7.01. The highest BCUT2D eigenvalue weighted by atomic mass is 16.4. The SMILES string of the molecule is Cn1ccc(C2CCN(Cc3ccccc3C(=O)O)CC2)cc1=O. The molecule has 126 valence electrons. The van der Waals surface area contributed by atoms with E-state index in [1.807, 2.05) is 24.4 Å². The van der Waals surface area contributed by atoms with E-state index in [9.17, 15) is 14.7 Å². The van der Waals surface area contributed by atoms with Gasteiger partial charge in [0.15, 0.2) is 0 Å². The number of carboxylic acids is 1. The number of hydrogen-bond donors (Lipinski definition) is 1. The maximum Gasteiger partial charge on any atom is 0.336 e. The molecule has 0 radical (unpaired) electrons. The van der Waals surface area contributed by atoms with Gasteiger partial charge in [0, 0.05) is 25.9 Å². The Bertz CT molecular complexity index is 789. The van der Waals surface area contributed by atoms with Crippen LogP contribution in [0.2, 0.25) is 0 Å². The number of hydrogen-bond acceptors (Lipinski definition) is 3. The number of aromatic carboxylic acids is 1. The monoisotopic (exact) mass is 326 g/mol. The van der Waals surface area contributed by atoms with E-state index in [-0.39, 0.29) is 5.56 Å². The number of aryl methyl sites for hydroxylation is 1. The van der Waals surface area contributed by atoms with Gasteiger partial charge in [0.1, 0.15) is 0 Å². The Labute approximate surface area is 141 Å². The number of rotatable bonds is 4. The van der Waals surface area contributed by atoms with Crippen molar-refractivity contribution in [1.82, 2.24) is 9.47 Å². The van der Waals surface area contributed by atoms with Crippen molar-refractivity contribution < 1.29 is 9.90 Å². The molecule has 1 fully saturated rings. The second-order valence-electron chi connectivity index (χ2n) is 6.42. The van der Waals surface area contributed by atoms with E-state index >= 15 is 0 Å². The maximum absolute atomic E-state index is 11.8. The van der Waals surface area contributed by atoms with E-state index in [2.05, 4.69) is 4.90 Å². The molecule has 0 spiro atoms. The Morgan fingerprint density at radius 1 is 1.21 bits per heavy atom. The number of likely N-dealkylation sites (tertiary alicyclic amines) is 1. The van der Waals surface area contributed by atoms with Gasteiger partial charge in [-0.3, -0.25) is 9.69 Å². The number of piperidine rings is 1. The summed E-state index contributed by atoms with van der Waals surface area (Å²) in [6.45, 7) is 2.48. The van der Waals surface area contributed by atoms with Crippen LogP contribution in [0.1, 0.15) is 40.2 Å². The topological polar surface area (TPSA) is 62.5 Å². The molecule has 5 heteroatoms. The van der Waals surface area contributed by atoms with Crippen molar-refractivity contribution in [3.05, 3.63) is 69.6 Å². The minimum absolute atomic E-state index is 0.0327. The molecule has 1 aromatic carbocycles. The summed E-state index contributed by atoms with van der Waals surface area (Å²) in [7, 11) is 1.76. The third-order valence-corrected chi connectivity index (χ3v) is 4.83. The van der Waals surface area contributed by atoms with E-state index in [0.29, 0.717) is 18.0 Å². The van der Waals surface area contributed by atoms with Crippen LogP contribution in [0.5, 0.6) is 0 Å². The minimum Gasteiger partial charge on any atom is -0.478 e. The number of nitrogens with zero attached hydrogens (tertiary/aromatic N) is 2. The van der Waals surface area contributed by atoms with Gasteiger partial charge in [0.25, 0.3) is 5.56 Å². The van der Waals surface area contributed by atoms with Crippen LogP contribution in [0.4, 0.5) is 0 Å². The Morgan fingerprint density at radius 2 is 1.92 bits per heavy atom. The molecule has 5 nitrogen and oxygen atoms in total. The quantitative estimate of drug-likeness (QED) is 0.937. The number of carboxylic acid groups (broad SMARTS) is 1. The third kappa shape index (κ3) is 3.57. The zero-order valence-electron chi connectivity index (χ0n) is 13.8. The summed E-state index contributed by atoms with van der Waals surface area (Å²) in [5.74, 6) is -0.467. The lowest BCUT2D eigenvalue weighted by Crippen LogP contribution is -2.33. The maximum atomic E-state index is 11.8. The fourth-order valence-electron chi connectivity index (χ4n) is 3.35. The van der Waals surface area contributed by atoms with Gasteiger partial charge in [-0.1, -0.05) is 18.2 Å². The molecule has 0 unspecified atom stereocenters. The van der Waals surface area contributed by atoms with Gasteiger partial charge >= 0.3 is 5.97 Å². The van der Waals surface area contributed by atoms with Gasteiger partial charge in [0.05, 0.1) is 5.56 Å². The molecule has 1 aromatic heterocycles. The molecule has 2 aromatic rings. The number of carbonyl (C=O) groups is 1. The fraction of sp³-hybridized carbons (Fsp3) is 0.368. The summed E-state index contributed by atoms with van der Waals surface area (Å²) in [5.41, 5.74) is 2.39. The van der Waals surface area contributed by atoms with Crippen LogP contribution >= 0.6 is 0 Å². The molecule has 3 rings (SSSR count). The molecule has 0 atom stereocenters.